The predicted octanol–water partition coefficient (Wildman–Crippen LogP) is 15.0. The molecular weight excluding hydrogens is 555 g/mol. The van der Waals surface area contributed by atoms with Gasteiger partial charge in [0.2, 0.25) is 0 Å². The van der Waals surface area contributed by atoms with Crippen molar-refractivity contribution in [3.8, 4) is 0 Å². The number of hydrogen-bond acceptors (Lipinski definition) is 0. The summed E-state index contributed by atoms with van der Waals surface area (Å²) in [6.45, 7) is 9.36. The van der Waals surface area contributed by atoms with Gasteiger partial charge >= 0.3 is 0 Å². The Morgan fingerprint density at radius 3 is 0.872 bits per heavy atom. The Morgan fingerprint density at radius 2 is 0.590 bits per heavy atom. The van der Waals surface area contributed by atoms with E-state index in [4.69, 9.17) is 0 Å². The van der Waals surface area contributed by atoms with Gasteiger partial charge in [-0.2, -0.15) is 0 Å². The number of unbranched alkanes of at least 4 members (excludes halogenated alkanes) is 23. The summed E-state index contributed by atoms with van der Waals surface area (Å²) >= 11 is 0. The highest BCUT2D eigenvalue weighted by Gasteiger charge is 2.32. The van der Waals surface area contributed by atoms with Gasteiger partial charge < -0.3 is 0 Å². The van der Waals surface area contributed by atoms with Gasteiger partial charge in [0.05, 0.1) is 0 Å². The fourth-order valence-corrected chi connectivity index (χ4v) is 7.34. The van der Waals surface area contributed by atoms with Gasteiger partial charge in [-0.15, -0.1) is 26.2 Å². The molecule has 0 radical (unpaired) electrons. The average Bonchev–Trinajstić information content (AvgIpc) is 2.92. The minimum Gasteiger partial charge on any atom is -0.131 e. The van der Waals surface area contributed by atoms with Crippen LogP contribution < -0.4 is 0 Å². The second-order valence-electron chi connectivity index (χ2n) is 13.1. The van der Waals surface area contributed by atoms with E-state index in [1.165, 1.54) is 199 Å². The summed E-state index contributed by atoms with van der Waals surface area (Å²) in [5, 5.41) is 0.515. The zero-order valence-electron chi connectivity index (χ0n) is 28.0. The van der Waals surface area contributed by atoms with Crippen molar-refractivity contribution in [2.24, 2.45) is 5.92 Å². The zero-order valence-corrected chi connectivity index (χ0v) is 30.9. The van der Waals surface area contributed by atoms with Crippen molar-refractivity contribution in [2.75, 3.05) is 0 Å². The van der Waals surface area contributed by atoms with Crippen molar-refractivity contribution in [3.05, 3.63) is 0 Å². The first-order chi connectivity index (χ1) is 18.6. The molecule has 0 N–H and O–H groups in total. The normalized spacial score (nSPS) is 12.5. The van der Waals surface area contributed by atoms with Crippen LogP contribution in [0.25, 0.3) is 0 Å². The minimum absolute atomic E-state index is 0. The SMILES string of the molecule is Br.CCCCCCCCCCCCCCC(CCCCCCC)C(P)(CCCCCCC)CCCCCCC. The van der Waals surface area contributed by atoms with Crippen molar-refractivity contribution in [2.45, 2.75) is 232 Å². The van der Waals surface area contributed by atoms with Crippen molar-refractivity contribution < 1.29 is 0 Å². The standard InChI is InChI=1S/C37H77P.BrH/c1-5-9-13-17-18-19-20-21-22-23-25-29-33-36(32-28-24-14-10-6-2)37(38,34-30-26-15-11-7-3)35-31-27-16-12-8-4;/h36H,5-35,38H2,1-4H3;1H. The van der Waals surface area contributed by atoms with Crippen LogP contribution in [-0.2, 0) is 0 Å². The summed E-state index contributed by atoms with van der Waals surface area (Å²) in [5.74, 6) is 0.939. The quantitative estimate of drug-likeness (QED) is 0.0511. The second kappa shape index (κ2) is 33.4. The molecule has 39 heavy (non-hydrogen) atoms. The third-order valence-electron chi connectivity index (χ3n) is 9.37. The second-order valence-corrected chi connectivity index (χ2v) is 14.3. The van der Waals surface area contributed by atoms with Crippen molar-refractivity contribution in [1.82, 2.24) is 0 Å². The Bertz CT molecular complexity index is 423. The van der Waals surface area contributed by atoms with Crippen LogP contribution in [0.3, 0.4) is 0 Å². The molecule has 0 aliphatic rings. The molecule has 0 spiro atoms. The van der Waals surface area contributed by atoms with E-state index < -0.39 is 0 Å². The smallest absolute Gasteiger partial charge is 0.0122 e. The van der Waals surface area contributed by atoms with Gasteiger partial charge in [-0.1, -0.05) is 201 Å². The maximum absolute atomic E-state index is 3.53. The first-order valence-electron chi connectivity index (χ1n) is 18.4. The van der Waals surface area contributed by atoms with Gasteiger partial charge in [0.25, 0.3) is 0 Å². The van der Waals surface area contributed by atoms with Gasteiger partial charge in [0.15, 0.2) is 0 Å². The largest absolute Gasteiger partial charge is 0.131 e. The topological polar surface area (TPSA) is 0 Å². The highest BCUT2D eigenvalue weighted by molar-refractivity contribution is 8.93. The Morgan fingerprint density at radius 1 is 0.359 bits per heavy atom. The molecule has 0 aromatic rings. The van der Waals surface area contributed by atoms with Crippen LogP contribution >= 0.6 is 26.2 Å². The summed E-state index contributed by atoms with van der Waals surface area (Å²) in [7, 11) is 3.53. The van der Waals surface area contributed by atoms with E-state index in [-0.39, 0.29) is 17.0 Å². The van der Waals surface area contributed by atoms with Crippen LogP contribution in [-0.4, -0.2) is 5.16 Å². The van der Waals surface area contributed by atoms with Crippen LogP contribution in [0.4, 0.5) is 0 Å². The third-order valence-corrected chi connectivity index (χ3v) is 10.4. The van der Waals surface area contributed by atoms with Crippen LogP contribution in [0.15, 0.2) is 0 Å². The Labute approximate surface area is 263 Å². The first-order valence-corrected chi connectivity index (χ1v) is 19.0. The molecule has 2 heteroatoms. The predicted molar refractivity (Wildman–Crippen MR) is 192 cm³/mol. The molecular formula is C37H78BrP. The van der Waals surface area contributed by atoms with Crippen LogP contribution in [0.1, 0.15) is 227 Å². The van der Waals surface area contributed by atoms with E-state index in [2.05, 4.69) is 36.9 Å². The van der Waals surface area contributed by atoms with Gasteiger partial charge in [-0.05, 0) is 36.8 Å². The lowest BCUT2D eigenvalue weighted by Gasteiger charge is -2.39. The minimum atomic E-state index is 0. The van der Waals surface area contributed by atoms with Crippen molar-refractivity contribution in [3.63, 3.8) is 0 Å². The number of halogens is 1. The monoisotopic (exact) mass is 633 g/mol. The maximum atomic E-state index is 3.53. The zero-order chi connectivity index (χ0) is 28.0. The molecule has 0 nitrogen and oxygen atoms in total. The summed E-state index contributed by atoms with van der Waals surface area (Å²) in [6.07, 6.45) is 45.1. The molecule has 0 bridgehead atoms. The Kier molecular flexibility index (Phi) is 36.0. The molecule has 2 unspecified atom stereocenters. The highest BCUT2D eigenvalue weighted by Crippen LogP contribution is 2.44. The number of hydrogen-bond donors (Lipinski definition) is 0. The highest BCUT2D eigenvalue weighted by atomic mass is 79.9. The molecule has 0 aliphatic heterocycles. The molecule has 0 aromatic heterocycles. The van der Waals surface area contributed by atoms with Crippen LogP contribution in [0, 0.1) is 5.92 Å². The van der Waals surface area contributed by atoms with Crippen LogP contribution in [0.5, 0.6) is 0 Å². The first kappa shape index (κ1) is 42.0. The van der Waals surface area contributed by atoms with Gasteiger partial charge in [0.1, 0.15) is 0 Å². The lowest BCUT2D eigenvalue weighted by Crippen LogP contribution is -2.32. The summed E-state index contributed by atoms with van der Waals surface area (Å²) in [5.41, 5.74) is 0. The fraction of sp³-hybridized carbons (Fsp3) is 1.00. The van der Waals surface area contributed by atoms with E-state index >= 15 is 0 Å². The summed E-state index contributed by atoms with van der Waals surface area (Å²) < 4.78 is 0. The number of rotatable bonds is 32. The third kappa shape index (κ3) is 27.5. The van der Waals surface area contributed by atoms with Crippen molar-refractivity contribution in [1.29, 1.82) is 0 Å². The molecule has 2 atom stereocenters. The molecule has 0 amide bonds. The molecule has 0 aromatic carbocycles. The van der Waals surface area contributed by atoms with E-state index in [1.54, 1.807) is 0 Å². The lowest BCUT2D eigenvalue weighted by molar-refractivity contribution is 0.269. The molecule has 0 aliphatic carbocycles. The van der Waals surface area contributed by atoms with E-state index in [9.17, 15) is 0 Å². The van der Waals surface area contributed by atoms with Gasteiger partial charge in [-0.25, -0.2) is 0 Å². The Hall–Kier alpha value is 0.910. The van der Waals surface area contributed by atoms with Gasteiger partial charge in [0, 0.05) is 0 Å². The molecule has 0 saturated carbocycles. The molecule has 238 valence electrons. The molecule has 0 saturated heterocycles. The van der Waals surface area contributed by atoms with E-state index in [0.29, 0.717) is 5.16 Å². The molecule has 0 heterocycles. The lowest BCUT2D eigenvalue weighted by atomic mass is 9.77. The molecule has 0 fully saturated rings. The van der Waals surface area contributed by atoms with E-state index in [1.807, 2.05) is 0 Å². The fourth-order valence-electron chi connectivity index (χ4n) is 6.59. The summed E-state index contributed by atoms with van der Waals surface area (Å²) in [4.78, 5) is 0. The average molecular weight is 634 g/mol. The van der Waals surface area contributed by atoms with Crippen molar-refractivity contribution >= 4 is 26.2 Å². The van der Waals surface area contributed by atoms with Crippen LogP contribution in [0.2, 0.25) is 0 Å². The van der Waals surface area contributed by atoms with Gasteiger partial charge in [-0.3, -0.25) is 0 Å². The maximum Gasteiger partial charge on any atom is -0.0122 e. The summed E-state index contributed by atoms with van der Waals surface area (Å²) in [6, 6.07) is 0. The molecule has 0 rings (SSSR count). The van der Waals surface area contributed by atoms with E-state index in [0.717, 1.165) is 5.92 Å². The Balaban J connectivity index is 0.